The Bertz CT molecular complexity index is 931. The first-order valence-electron chi connectivity index (χ1n) is 10.3. The Morgan fingerprint density at radius 3 is 2.21 bits per heavy atom. The quantitative estimate of drug-likeness (QED) is 0.372. The minimum atomic E-state index is -4.45. The van der Waals surface area contributed by atoms with E-state index < -0.39 is 42.4 Å². The standard InChI is InChI=1S/C23H24F5NO4/c1-3-22(24,25)32-14-18-12-20(33-19-10-6-16(7-11-19)23(26,27)28)13-29(18)17-8-4-15(5-9-17)21(30)31-2/h4-11,18,20H,3,12-14H2,1-2H3/t18-,20+/m0/s1. The number of esters is 1. The van der Waals surface area contributed by atoms with Gasteiger partial charge in [-0.2, -0.15) is 22.0 Å². The smallest absolute Gasteiger partial charge is 0.416 e. The Labute approximate surface area is 188 Å². The monoisotopic (exact) mass is 473 g/mol. The van der Waals surface area contributed by atoms with E-state index in [0.717, 1.165) is 12.1 Å². The maximum absolute atomic E-state index is 13.7. The summed E-state index contributed by atoms with van der Waals surface area (Å²) in [4.78, 5) is 13.5. The molecule has 0 unspecified atom stereocenters. The van der Waals surface area contributed by atoms with E-state index in [1.807, 2.05) is 4.90 Å². The van der Waals surface area contributed by atoms with Crippen LogP contribution in [0.4, 0.5) is 27.6 Å². The number of ether oxygens (including phenoxy) is 3. The molecule has 0 aliphatic carbocycles. The first kappa shape index (κ1) is 24.8. The molecule has 0 aromatic heterocycles. The lowest BCUT2D eigenvalue weighted by molar-refractivity contribution is -0.241. The van der Waals surface area contributed by atoms with Crippen molar-refractivity contribution in [3.63, 3.8) is 0 Å². The third kappa shape index (κ3) is 6.34. The van der Waals surface area contributed by atoms with Crippen LogP contribution in [0.1, 0.15) is 35.7 Å². The van der Waals surface area contributed by atoms with Crippen LogP contribution in [-0.4, -0.2) is 44.5 Å². The van der Waals surface area contributed by atoms with Gasteiger partial charge in [-0.15, -0.1) is 0 Å². The Morgan fingerprint density at radius 2 is 1.67 bits per heavy atom. The van der Waals surface area contributed by atoms with Crippen LogP contribution >= 0.6 is 0 Å². The van der Waals surface area contributed by atoms with Gasteiger partial charge in [0.2, 0.25) is 0 Å². The SMILES string of the molecule is CCC(F)(F)OC[C@@H]1C[C@@H](Oc2ccc(C(F)(F)F)cc2)CN1c1ccc(C(=O)OC)cc1. The van der Waals surface area contributed by atoms with Crippen LogP contribution in [0.25, 0.3) is 0 Å². The van der Waals surface area contributed by atoms with Crippen molar-refractivity contribution < 1.29 is 41.0 Å². The number of rotatable bonds is 8. The molecule has 2 aromatic rings. The van der Waals surface area contributed by atoms with E-state index in [1.165, 1.54) is 26.2 Å². The zero-order chi connectivity index (χ0) is 24.2. The number of carbonyl (C=O) groups is 1. The maximum atomic E-state index is 13.7. The normalized spacial score (nSPS) is 18.9. The topological polar surface area (TPSA) is 48.0 Å². The van der Waals surface area contributed by atoms with E-state index in [9.17, 15) is 26.7 Å². The molecule has 1 saturated heterocycles. The number of hydrogen-bond donors (Lipinski definition) is 0. The molecule has 3 rings (SSSR count). The van der Waals surface area contributed by atoms with Crippen molar-refractivity contribution in [3.05, 3.63) is 59.7 Å². The van der Waals surface area contributed by atoms with Crippen LogP contribution in [0, 0.1) is 0 Å². The summed E-state index contributed by atoms with van der Waals surface area (Å²) < 4.78 is 81.0. The third-order valence-corrected chi connectivity index (χ3v) is 5.38. The molecule has 5 nitrogen and oxygen atoms in total. The number of alkyl halides is 5. The molecule has 180 valence electrons. The van der Waals surface area contributed by atoms with Crippen molar-refractivity contribution in [1.82, 2.24) is 0 Å². The van der Waals surface area contributed by atoms with E-state index in [-0.39, 0.29) is 12.4 Å². The summed E-state index contributed by atoms with van der Waals surface area (Å²) in [6.45, 7) is 1.34. The van der Waals surface area contributed by atoms with Gasteiger partial charge in [0.15, 0.2) is 0 Å². The molecule has 0 N–H and O–H groups in total. The highest BCUT2D eigenvalue weighted by Crippen LogP contribution is 2.33. The average Bonchev–Trinajstić information content (AvgIpc) is 3.19. The van der Waals surface area contributed by atoms with E-state index in [2.05, 4.69) is 4.74 Å². The number of nitrogens with zero attached hydrogens (tertiary/aromatic N) is 1. The predicted molar refractivity (Wildman–Crippen MR) is 111 cm³/mol. The zero-order valence-electron chi connectivity index (χ0n) is 18.1. The van der Waals surface area contributed by atoms with Gasteiger partial charge in [-0.25, -0.2) is 4.79 Å². The fourth-order valence-electron chi connectivity index (χ4n) is 3.58. The average molecular weight is 473 g/mol. The molecule has 0 spiro atoms. The van der Waals surface area contributed by atoms with E-state index in [1.54, 1.807) is 24.3 Å². The van der Waals surface area contributed by atoms with Crippen molar-refractivity contribution in [3.8, 4) is 5.75 Å². The molecule has 1 fully saturated rings. The predicted octanol–water partition coefficient (Wildman–Crippen LogP) is 5.54. The third-order valence-electron chi connectivity index (χ3n) is 5.38. The second-order valence-corrected chi connectivity index (χ2v) is 7.64. The summed E-state index contributed by atoms with van der Waals surface area (Å²) in [5, 5.41) is 0. The lowest BCUT2D eigenvalue weighted by atomic mass is 10.1. The van der Waals surface area contributed by atoms with Crippen molar-refractivity contribution in [2.24, 2.45) is 0 Å². The van der Waals surface area contributed by atoms with Crippen LogP contribution < -0.4 is 9.64 Å². The molecule has 1 aliphatic heterocycles. The Morgan fingerprint density at radius 1 is 1.03 bits per heavy atom. The number of methoxy groups -OCH3 is 1. The van der Waals surface area contributed by atoms with Crippen molar-refractivity contribution in [2.45, 2.75) is 44.2 Å². The molecule has 33 heavy (non-hydrogen) atoms. The minimum absolute atomic E-state index is 0.245. The Balaban J connectivity index is 1.75. The number of carbonyl (C=O) groups excluding carboxylic acids is 1. The van der Waals surface area contributed by atoms with Gasteiger partial charge >= 0.3 is 18.3 Å². The van der Waals surface area contributed by atoms with Gasteiger partial charge in [-0.05, 0) is 48.5 Å². The summed E-state index contributed by atoms with van der Waals surface area (Å²) in [6, 6.07) is 10.3. The Kier molecular flexibility index (Phi) is 7.46. The number of hydrogen-bond acceptors (Lipinski definition) is 5. The number of benzene rings is 2. The summed E-state index contributed by atoms with van der Waals surface area (Å²) >= 11 is 0. The van der Waals surface area contributed by atoms with E-state index in [0.29, 0.717) is 24.2 Å². The van der Waals surface area contributed by atoms with Crippen LogP contribution in [0.2, 0.25) is 0 Å². The molecule has 0 bridgehead atoms. The molecule has 0 amide bonds. The molecule has 2 atom stereocenters. The van der Waals surface area contributed by atoms with Gasteiger partial charge < -0.3 is 19.1 Å². The molecule has 0 radical (unpaired) electrons. The minimum Gasteiger partial charge on any atom is -0.489 e. The van der Waals surface area contributed by atoms with Crippen LogP contribution in [0.5, 0.6) is 5.75 Å². The van der Waals surface area contributed by atoms with Crippen LogP contribution in [0.15, 0.2) is 48.5 Å². The summed E-state index contributed by atoms with van der Waals surface area (Å²) in [6.07, 6.45) is -8.34. The second kappa shape index (κ2) is 9.94. The highest BCUT2D eigenvalue weighted by molar-refractivity contribution is 5.89. The van der Waals surface area contributed by atoms with Gasteiger partial charge in [0, 0.05) is 18.5 Å². The van der Waals surface area contributed by atoms with Gasteiger partial charge in [0.05, 0.1) is 37.4 Å². The lowest BCUT2D eigenvalue weighted by Gasteiger charge is -2.27. The fourth-order valence-corrected chi connectivity index (χ4v) is 3.58. The van der Waals surface area contributed by atoms with E-state index in [4.69, 9.17) is 9.47 Å². The molecule has 10 heteroatoms. The van der Waals surface area contributed by atoms with Crippen molar-refractivity contribution in [2.75, 3.05) is 25.2 Å². The first-order chi connectivity index (χ1) is 15.5. The van der Waals surface area contributed by atoms with Gasteiger partial charge in [0.1, 0.15) is 11.9 Å². The largest absolute Gasteiger partial charge is 0.489 e. The highest BCUT2D eigenvalue weighted by atomic mass is 19.4. The molecular weight excluding hydrogens is 449 g/mol. The summed E-state index contributed by atoms with van der Waals surface area (Å²) in [5.74, 6) is -0.261. The summed E-state index contributed by atoms with van der Waals surface area (Å²) in [5.41, 5.74) is 0.208. The van der Waals surface area contributed by atoms with Gasteiger partial charge in [-0.1, -0.05) is 6.92 Å². The lowest BCUT2D eigenvalue weighted by Crippen LogP contribution is -2.36. The molecule has 1 aliphatic rings. The van der Waals surface area contributed by atoms with Gasteiger partial charge in [0.25, 0.3) is 0 Å². The molecular formula is C23H24F5NO4. The Hall–Kier alpha value is -2.88. The van der Waals surface area contributed by atoms with Crippen molar-refractivity contribution >= 4 is 11.7 Å². The fraction of sp³-hybridized carbons (Fsp3) is 0.435. The first-order valence-corrected chi connectivity index (χ1v) is 10.3. The van der Waals surface area contributed by atoms with Gasteiger partial charge in [-0.3, -0.25) is 0 Å². The molecule has 0 saturated carbocycles. The number of halogens is 5. The second-order valence-electron chi connectivity index (χ2n) is 7.64. The summed E-state index contributed by atoms with van der Waals surface area (Å²) in [7, 11) is 1.27. The zero-order valence-corrected chi connectivity index (χ0v) is 18.1. The highest BCUT2D eigenvalue weighted by Gasteiger charge is 2.37. The van der Waals surface area contributed by atoms with Crippen LogP contribution in [-0.2, 0) is 15.7 Å². The maximum Gasteiger partial charge on any atom is 0.416 e. The number of anilines is 1. The molecule has 2 aromatic carbocycles. The van der Waals surface area contributed by atoms with Crippen LogP contribution in [0.3, 0.4) is 0 Å². The van der Waals surface area contributed by atoms with E-state index >= 15 is 0 Å². The van der Waals surface area contributed by atoms with Crippen molar-refractivity contribution in [1.29, 1.82) is 0 Å². The molecule has 1 heterocycles.